The summed E-state index contributed by atoms with van der Waals surface area (Å²) in [7, 11) is 0. The van der Waals surface area contributed by atoms with Crippen LogP contribution in [-0.4, -0.2) is 31.8 Å². The largest absolute Gasteiger partial charge is 0.507 e. The Labute approximate surface area is 86.6 Å². The first kappa shape index (κ1) is 9.67. The van der Waals surface area contributed by atoms with Crippen LogP contribution in [0.5, 0.6) is 5.75 Å². The third kappa shape index (κ3) is 1.82. The van der Waals surface area contributed by atoms with Gasteiger partial charge in [-0.15, -0.1) is 5.10 Å². The van der Waals surface area contributed by atoms with Crippen molar-refractivity contribution in [3.8, 4) is 17.0 Å². The third-order valence-electron chi connectivity index (χ3n) is 2.11. The van der Waals surface area contributed by atoms with Crippen molar-refractivity contribution in [2.45, 2.75) is 6.54 Å². The minimum atomic E-state index is -0.00996. The molecule has 78 valence electrons. The van der Waals surface area contributed by atoms with E-state index < -0.39 is 0 Å². The van der Waals surface area contributed by atoms with Gasteiger partial charge in [-0.3, -0.25) is 0 Å². The number of aromatic hydroxyl groups is 1. The summed E-state index contributed by atoms with van der Waals surface area (Å²) >= 11 is 0. The Balaban J connectivity index is 2.45. The highest BCUT2D eigenvalue weighted by Crippen LogP contribution is 2.27. The van der Waals surface area contributed by atoms with Crippen LogP contribution in [0.25, 0.3) is 11.3 Å². The lowest BCUT2D eigenvalue weighted by Crippen LogP contribution is -2.05. The second-order valence-electron chi connectivity index (χ2n) is 3.08. The van der Waals surface area contributed by atoms with Crippen molar-refractivity contribution in [1.82, 2.24) is 15.0 Å². The van der Waals surface area contributed by atoms with Crippen LogP contribution in [0.4, 0.5) is 0 Å². The van der Waals surface area contributed by atoms with Crippen LogP contribution in [0.1, 0.15) is 0 Å². The van der Waals surface area contributed by atoms with Gasteiger partial charge in [-0.05, 0) is 12.1 Å². The number of aliphatic hydroxyl groups excluding tert-OH is 1. The zero-order chi connectivity index (χ0) is 10.7. The molecule has 0 saturated heterocycles. The molecular weight excluding hydrogens is 194 g/mol. The van der Waals surface area contributed by atoms with Crippen LogP contribution >= 0.6 is 0 Å². The van der Waals surface area contributed by atoms with Crippen molar-refractivity contribution in [2.24, 2.45) is 0 Å². The molecule has 5 heteroatoms. The van der Waals surface area contributed by atoms with Gasteiger partial charge in [0.15, 0.2) is 0 Å². The lowest BCUT2D eigenvalue weighted by atomic mass is 10.1. The fraction of sp³-hybridized carbons (Fsp3) is 0.200. The first-order valence-corrected chi connectivity index (χ1v) is 4.60. The van der Waals surface area contributed by atoms with Crippen LogP contribution in [0.15, 0.2) is 30.5 Å². The summed E-state index contributed by atoms with van der Waals surface area (Å²) in [5, 5.41) is 26.0. The van der Waals surface area contributed by atoms with E-state index in [-0.39, 0.29) is 12.4 Å². The first-order valence-electron chi connectivity index (χ1n) is 4.60. The first-order chi connectivity index (χ1) is 7.33. The molecule has 0 saturated carbocycles. The molecule has 2 rings (SSSR count). The average Bonchev–Trinajstić information content (AvgIpc) is 2.67. The van der Waals surface area contributed by atoms with Gasteiger partial charge in [-0.1, -0.05) is 17.3 Å². The zero-order valence-electron chi connectivity index (χ0n) is 8.04. The number of aromatic nitrogens is 3. The van der Waals surface area contributed by atoms with Crippen molar-refractivity contribution in [1.29, 1.82) is 0 Å². The number of hydrogen-bond donors (Lipinski definition) is 2. The molecule has 0 aliphatic rings. The predicted molar refractivity (Wildman–Crippen MR) is 54.2 cm³/mol. The Morgan fingerprint density at radius 1 is 1.27 bits per heavy atom. The number of hydrogen-bond acceptors (Lipinski definition) is 4. The standard InChI is InChI=1S/C10H11N3O2/c14-6-5-13-9(7-11-12-13)8-3-1-2-4-10(8)15/h1-4,7,14-15H,5-6H2. The molecule has 0 spiro atoms. The van der Waals surface area contributed by atoms with Gasteiger partial charge in [-0.2, -0.15) is 0 Å². The molecule has 1 aromatic carbocycles. The second kappa shape index (κ2) is 4.10. The topological polar surface area (TPSA) is 71.2 Å². The Morgan fingerprint density at radius 3 is 2.80 bits per heavy atom. The van der Waals surface area contributed by atoms with E-state index in [0.717, 1.165) is 0 Å². The van der Waals surface area contributed by atoms with Crippen LogP contribution in [-0.2, 0) is 6.54 Å². The second-order valence-corrected chi connectivity index (χ2v) is 3.08. The van der Waals surface area contributed by atoms with E-state index >= 15 is 0 Å². The molecule has 0 fully saturated rings. The molecule has 2 aromatic rings. The van der Waals surface area contributed by atoms with Gasteiger partial charge in [-0.25, -0.2) is 4.68 Å². The lowest BCUT2D eigenvalue weighted by Gasteiger charge is -2.05. The van der Waals surface area contributed by atoms with E-state index in [1.165, 1.54) is 0 Å². The number of phenolic OH excluding ortho intramolecular Hbond substituents is 1. The molecule has 0 unspecified atom stereocenters. The van der Waals surface area contributed by atoms with Gasteiger partial charge in [0, 0.05) is 5.56 Å². The summed E-state index contributed by atoms with van der Waals surface area (Å²) < 4.78 is 1.55. The maximum Gasteiger partial charge on any atom is 0.125 e. The molecular formula is C10H11N3O2. The Hall–Kier alpha value is -1.88. The summed E-state index contributed by atoms with van der Waals surface area (Å²) in [6.07, 6.45) is 1.56. The lowest BCUT2D eigenvalue weighted by molar-refractivity contribution is 0.268. The molecule has 1 aromatic heterocycles. The van der Waals surface area contributed by atoms with Crippen molar-refractivity contribution in [3.05, 3.63) is 30.5 Å². The Bertz CT molecular complexity index is 453. The highest BCUT2D eigenvalue weighted by Gasteiger charge is 2.09. The van der Waals surface area contributed by atoms with E-state index in [1.54, 1.807) is 29.1 Å². The summed E-state index contributed by atoms with van der Waals surface area (Å²) in [5.41, 5.74) is 1.36. The molecule has 5 nitrogen and oxygen atoms in total. The summed E-state index contributed by atoms with van der Waals surface area (Å²) in [6, 6.07) is 6.96. The number of para-hydroxylation sites is 1. The molecule has 15 heavy (non-hydrogen) atoms. The van der Waals surface area contributed by atoms with Gasteiger partial charge >= 0.3 is 0 Å². The Morgan fingerprint density at radius 2 is 2.07 bits per heavy atom. The summed E-state index contributed by atoms with van der Waals surface area (Å²) in [4.78, 5) is 0. The molecule has 2 N–H and O–H groups in total. The molecule has 0 amide bonds. The van der Waals surface area contributed by atoms with Gasteiger partial charge in [0.2, 0.25) is 0 Å². The van der Waals surface area contributed by atoms with E-state index in [2.05, 4.69) is 10.3 Å². The van der Waals surface area contributed by atoms with Crippen LogP contribution in [0, 0.1) is 0 Å². The minimum Gasteiger partial charge on any atom is -0.507 e. The monoisotopic (exact) mass is 205 g/mol. The SMILES string of the molecule is OCCn1nncc1-c1ccccc1O. The molecule has 1 heterocycles. The van der Waals surface area contributed by atoms with Crippen molar-refractivity contribution in [3.63, 3.8) is 0 Å². The summed E-state index contributed by atoms with van der Waals surface area (Å²) in [5.74, 6) is 0.180. The van der Waals surface area contributed by atoms with Crippen LogP contribution < -0.4 is 0 Å². The maximum atomic E-state index is 9.64. The van der Waals surface area contributed by atoms with Gasteiger partial charge in [0.25, 0.3) is 0 Å². The van der Waals surface area contributed by atoms with Crippen LogP contribution in [0.3, 0.4) is 0 Å². The highest BCUT2D eigenvalue weighted by molar-refractivity contribution is 5.65. The van der Waals surface area contributed by atoms with Crippen molar-refractivity contribution >= 4 is 0 Å². The molecule has 0 radical (unpaired) electrons. The fourth-order valence-electron chi connectivity index (χ4n) is 1.42. The van der Waals surface area contributed by atoms with Crippen molar-refractivity contribution < 1.29 is 10.2 Å². The van der Waals surface area contributed by atoms with E-state index in [4.69, 9.17) is 5.11 Å². The maximum absolute atomic E-state index is 9.64. The number of phenols is 1. The molecule has 0 atom stereocenters. The molecule has 0 aliphatic heterocycles. The van der Waals surface area contributed by atoms with E-state index in [9.17, 15) is 5.11 Å². The highest BCUT2D eigenvalue weighted by atomic mass is 16.3. The van der Waals surface area contributed by atoms with Gasteiger partial charge in [0.05, 0.1) is 25.0 Å². The Kier molecular flexibility index (Phi) is 2.64. The molecule has 0 aliphatic carbocycles. The smallest absolute Gasteiger partial charge is 0.125 e. The van der Waals surface area contributed by atoms with Crippen molar-refractivity contribution in [2.75, 3.05) is 6.61 Å². The quantitative estimate of drug-likeness (QED) is 0.771. The number of nitrogens with zero attached hydrogens (tertiary/aromatic N) is 3. The predicted octanol–water partition coefficient (Wildman–Crippen LogP) is 0.643. The average molecular weight is 205 g/mol. The zero-order valence-corrected chi connectivity index (χ0v) is 8.04. The third-order valence-corrected chi connectivity index (χ3v) is 2.11. The van der Waals surface area contributed by atoms with Gasteiger partial charge < -0.3 is 10.2 Å². The number of aliphatic hydroxyl groups is 1. The van der Waals surface area contributed by atoms with E-state index in [1.807, 2.05) is 6.07 Å². The summed E-state index contributed by atoms with van der Waals surface area (Å²) in [6.45, 7) is 0.355. The number of rotatable bonds is 3. The number of benzene rings is 1. The van der Waals surface area contributed by atoms with Gasteiger partial charge in [0.1, 0.15) is 5.75 Å². The minimum absolute atomic E-state index is 0.00996. The fourth-order valence-corrected chi connectivity index (χ4v) is 1.42. The molecule has 0 bridgehead atoms. The van der Waals surface area contributed by atoms with Crippen LogP contribution in [0.2, 0.25) is 0 Å². The van der Waals surface area contributed by atoms with E-state index in [0.29, 0.717) is 17.8 Å². The normalized spacial score (nSPS) is 10.5.